The number of anilines is 2. The Bertz CT molecular complexity index is 1020. The first-order valence-corrected chi connectivity index (χ1v) is 10.1. The average molecular weight is 401 g/mol. The molecule has 1 unspecified atom stereocenters. The van der Waals surface area contributed by atoms with Crippen LogP contribution < -0.4 is 10.2 Å². The van der Waals surface area contributed by atoms with Crippen molar-refractivity contribution in [1.29, 1.82) is 0 Å². The lowest BCUT2D eigenvalue weighted by atomic mass is 10.2. The fourth-order valence-corrected chi connectivity index (χ4v) is 4.16. The van der Waals surface area contributed by atoms with E-state index < -0.39 is 5.25 Å². The van der Waals surface area contributed by atoms with Crippen LogP contribution in [0.4, 0.5) is 17.1 Å². The zero-order valence-corrected chi connectivity index (χ0v) is 16.4. The van der Waals surface area contributed by atoms with E-state index in [2.05, 4.69) is 10.3 Å². The number of aliphatic imine (C=N–C) groups is 1. The summed E-state index contributed by atoms with van der Waals surface area (Å²) in [6.45, 7) is 0. The van der Waals surface area contributed by atoms with Gasteiger partial charge in [0.05, 0.1) is 11.4 Å². The number of amides is 2. The van der Waals surface area contributed by atoms with E-state index in [0.29, 0.717) is 10.9 Å². The summed E-state index contributed by atoms with van der Waals surface area (Å²) in [7, 11) is 0. The number of nitrogens with one attached hydrogen (secondary N) is 1. The van der Waals surface area contributed by atoms with E-state index in [4.69, 9.17) is 0 Å². The van der Waals surface area contributed by atoms with Crippen LogP contribution in [-0.4, -0.2) is 22.2 Å². The van der Waals surface area contributed by atoms with Crippen LogP contribution in [0, 0.1) is 0 Å². The van der Waals surface area contributed by atoms with Gasteiger partial charge in [0.1, 0.15) is 5.25 Å². The van der Waals surface area contributed by atoms with Gasteiger partial charge in [0.2, 0.25) is 11.8 Å². The normalized spacial score (nSPS) is 17.5. The van der Waals surface area contributed by atoms with E-state index in [1.54, 1.807) is 4.90 Å². The largest absolute Gasteiger partial charge is 0.326 e. The maximum atomic E-state index is 13.1. The van der Waals surface area contributed by atoms with Gasteiger partial charge < -0.3 is 5.32 Å². The highest BCUT2D eigenvalue weighted by Crippen LogP contribution is 2.35. The van der Waals surface area contributed by atoms with Crippen LogP contribution in [0.3, 0.4) is 0 Å². The fraction of sp³-hybridized carbons (Fsp3) is 0.0870. The molecule has 0 radical (unpaired) electrons. The number of nitrogens with zero attached hydrogens (tertiary/aromatic N) is 2. The lowest BCUT2D eigenvalue weighted by Crippen LogP contribution is -2.33. The molecule has 1 aliphatic rings. The Morgan fingerprint density at radius 3 is 2.14 bits per heavy atom. The lowest BCUT2D eigenvalue weighted by Gasteiger charge is -2.16. The number of thioether (sulfide) groups is 1. The van der Waals surface area contributed by atoms with Gasteiger partial charge in [0.15, 0.2) is 5.17 Å². The Kier molecular flexibility index (Phi) is 5.72. The van der Waals surface area contributed by atoms with E-state index in [9.17, 15) is 9.59 Å². The van der Waals surface area contributed by atoms with Crippen LogP contribution in [-0.2, 0) is 9.59 Å². The van der Waals surface area contributed by atoms with E-state index in [1.165, 1.54) is 11.8 Å². The Morgan fingerprint density at radius 2 is 1.48 bits per heavy atom. The summed E-state index contributed by atoms with van der Waals surface area (Å²) in [4.78, 5) is 31.9. The summed E-state index contributed by atoms with van der Waals surface area (Å²) in [6, 6.07) is 28.1. The summed E-state index contributed by atoms with van der Waals surface area (Å²) >= 11 is 1.32. The molecule has 1 heterocycles. The van der Waals surface area contributed by atoms with Gasteiger partial charge in [-0.1, -0.05) is 66.4 Å². The maximum absolute atomic E-state index is 13.1. The maximum Gasteiger partial charge on any atom is 0.247 e. The molecule has 1 saturated heterocycles. The minimum Gasteiger partial charge on any atom is -0.326 e. The zero-order chi connectivity index (χ0) is 20.1. The van der Waals surface area contributed by atoms with Crippen molar-refractivity contribution in [3.63, 3.8) is 0 Å². The van der Waals surface area contributed by atoms with Gasteiger partial charge in [-0.2, -0.15) is 0 Å². The second-order valence-corrected chi connectivity index (χ2v) is 7.63. The first-order valence-electron chi connectivity index (χ1n) is 9.25. The van der Waals surface area contributed by atoms with Gasteiger partial charge >= 0.3 is 0 Å². The standard InChI is InChI=1S/C23H19N3O2S/c27-21(24-17-10-4-1-5-11-17)16-20-22(28)26(19-14-8-3-9-15-19)23(29-20)25-18-12-6-2-7-13-18/h1-15,20H,16H2,(H,24,27). The third kappa shape index (κ3) is 4.55. The lowest BCUT2D eigenvalue weighted by molar-refractivity contribution is -0.121. The topological polar surface area (TPSA) is 61.8 Å². The summed E-state index contributed by atoms with van der Waals surface area (Å²) in [6.07, 6.45) is 0.0789. The minimum atomic E-state index is -0.526. The molecular weight excluding hydrogens is 382 g/mol. The van der Waals surface area contributed by atoms with Crippen molar-refractivity contribution in [3.8, 4) is 0 Å². The van der Waals surface area contributed by atoms with Crippen molar-refractivity contribution in [2.75, 3.05) is 10.2 Å². The van der Waals surface area contributed by atoms with Gasteiger partial charge in [-0.3, -0.25) is 14.5 Å². The van der Waals surface area contributed by atoms with Gasteiger partial charge in [0.25, 0.3) is 0 Å². The van der Waals surface area contributed by atoms with Crippen LogP contribution in [0.5, 0.6) is 0 Å². The molecule has 2 amide bonds. The highest BCUT2D eigenvalue weighted by Gasteiger charge is 2.40. The second-order valence-electron chi connectivity index (χ2n) is 6.46. The molecule has 1 atom stereocenters. The first kappa shape index (κ1) is 19.0. The van der Waals surface area contributed by atoms with Crippen LogP contribution >= 0.6 is 11.8 Å². The van der Waals surface area contributed by atoms with Crippen molar-refractivity contribution in [1.82, 2.24) is 0 Å². The molecule has 0 saturated carbocycles. The number of para-hydroxylation sites is 3. The Hall–Kier alpha value is -3.38. The highest BCUT2D eigenvalue weighted by molar-refractivity contribution is 8.16. The van der Waals surface area contributed by atoms with Crippen LogP contribution in [0.2, 0.25) is 0 Å². The number of carbonyl (C=O) groups is 2. The summed E-state index contributed by atoms with van der Waals surface area (Å²) in [5.41, 5.74) is 2.22. The molecule has 6 heteroatoms. The second kappa shape index (κ2) is 8.75. The molecule has 3 aromatic carbocycles. The van der Waals surface area contributed by atoms with E-state index in [-0.39, 0.29) is 18.2 Å². The molecule has 3 aromatic rings. The smallest absolute Gasteiger partial charge is 0.247 e. The molecule has 5 nitrogen and oxygen atoms in total. The molecule has 0 aromatic heterocycles. The first-order chi connectivity index (χ1) is 14.2. The van der Waals surface area contributed by atoms with E-state index in [0.717, 1.165) is 11.4 Å². The van der Waals surface area contributed by atoms with Crippen molar-refractivity contribution in [3.05, 3.63) is 91.0 Å². The third-order valence-corrected chi connectivity index (χ3v) is 5.50. The van der Waals surface area contributed by atoms with Crippen molar-refractivity contribution < 1.29 is 9.59 Å². The Labute approximate surface area is 173 Å². The zero-order valence-electron chi connectivity index (χ0n) is 15.6. The molecule has 1 aliphatic heterocycles. The molecule has 1 N–H and O–H groups in total. The van der Waals surface area contributed by atoms with Crippen molar-refractivity contribution in [2.45, 2.75) is 11.7 Å². The van der Waals surface area contributed by atoms with Gasteiger partial charge in [0, 0.05) is 12.1 Å². The summed E-state index contributed by atoms with van der Waals surface area (Å²) in [5.74, 6) is -0.338. The predicted molar refractivity (Wildman–Crippen MR) is 119 cm³/mol. The van der Waals surface area contributed by atoms with Gasteiger partial charge in [-0.05, 0) is 36.4 Å². The highest BCUT2D eigenvalue weighted by atomic mass is 32.2. The Balaban J connectivity index is 1.57. The van der Waals surface area contributed by atoms with Crippen LogP contribution in [0.1, 0.15) is 6.42 Å². The summed E-state index contributed by atoms with van der Waals surface area (Å²) < 4.78 is 0. The summed E-state index contributed by atoms with van der Waals surface area (Å²) in [5, 5.41) is 2.89. The number of hydrogen-bond acceptors (Lipinski definition) is 4. The Morgan fingerprint density at radius 1 is 0.897 bits per heavy atom. The third-order valence-electron chi connectivity index (χ3n) is 4.36. The number of benzene rings is 3. The predicted octanol–water partition coefficient (Wildman–Crippen LogP) is 4.85. The van der Waals surface area contributed by atoms with Gasteiger partial charge in [-0.15, -0.1) is 0 Å². The SMILES string of the molecule is O=C(CC1SC(=Nc2ccccc2)N(c2ccccc2)C1=O)Nc1ccccc1. The number of amidine groups is 1. The molecular formula is C23H19N3O2S. The van der Waals surface area contributed by atoms with Crippen LogP contribution in [0.15, 0.2) is 96.0 Å². The number of hydrogen-bond donors (Lipinski definition) is 1. The molecule has 4 rings (SSSR count). The van der Waals surface area contributed by atoms with Crippen molar-refractivity contribution in [2.24, 2.45) is 4.99 Å². The molecule has 29 heavy (non-hydrogen) atoms. The van der Waals surface area contributed by atoms with Crippen LogP contribution in [0.25, 0.3) is 0 Å². The van der Waals surface area contributed by atoms with Gasteiger partial charge in [-0.25, -0.2) is 4.99 Å². The van der Waals surface area contributed by atoms with Crippen molar-refractivity contribution >= 4 is 45.8 Å². The molecule has 0 spiro atoms. The number of rotatable bonds is 5. The molecule has 0 bridgehead atoms. The quantitative estimate of drug-likeness (QED) is 0.665. The van der Waals surface area contributed by atoms with E-state index in [1.807, 2.05) is 91.0 Å². The average Bonchev–Trinajstić information content (AvgIpc) is 3.04. The monoisotopic (exact) mass is 401 g/mol. The molecule has 0 aliphatic carbocycles. The fourth-order valence-electron chi connectivity index (χ4n) is 3.00. The number of carbonyl (C=O) groups excluding carboxylic acids is 2. The minimum absolute atomic E-state index is 0.0789. The molecule has 1 fully saturated rings. The van der Waals surface area contributed by atoms with E-state index >= 15 is 0 Å². The molecule has 144 valence electrons.